The summed E-state index contributed by atoms with van der Waals surface area (Å²) in [6, 6.07) is 1.33. The van der Waals surface area contributed by atoms with Gasteiger partial charge in [-0.15, -0.1) is 0 Å². The number of hydrogen-bond donors (Lipinski definition) is 3. The average Bonchev–Trinajstić information content (AvgIpc) is 2.90. The van der Waals surface area contributed by atoms with E-state index in [1.165, 1.54) is 38.5 Å². The van der Waals surface area contributed by atoms with Crippen molar-refractivity contribution in [2.75, 3.05) is 0 Å². The number of fused-ring (bicyclic) bond motifs is 1. The Morgan fingerprint density at radius 2 is 1.64 bits per heavy atom. The number of aliphatic hydroxyl groups is 1. The summed E-state index contributed by atoms with van der Waals surface area (Å²) in [5.74, 6) is 1.10. The van der Waals surface area contributed by atoms with Crippen molar-refractivity contribution in [1.29, 1.82) is 0 Å². The lowest BCUT2D eigenvalue weighted by Crippen LogP contribution is -2.59. The van der Waals surface area contributed by atoms with Gasteiger partial charge < -0.3 is 5.11 Å². The highest BCUT2D eigenvalue weighted by Gasteiger charge is 2.47. The van der Waals surface area contributed by atoms with Crippen LogP contribution >= 0.6 is 0 Å². The number of hydrogen-bond acceptors (Lipinski definition) is 4. The molecule has 3 N–H and O–H groups in total. The molecule has 0 radical (unpaired) electrons. The molecule has 6 unspecified atom stereocenters. The summed E-state index contributed by atoms with van der Waals surface area (Å²) in [6.07, 6.45) is 8.42. The Kier molecular flexibility index (Phi) is 4.84. The number of nitrogens with zero attached hydrogens (tertiary/aromatic N) is 1. The van der Waals surface area contributed by atoms with Crippen LogP contribution < -0.4 is 10.9 Å². The number of aliphatic hydroxyl groups excluding tert-OH is 1. The van der Waals surface area contributed by atoms with Gasteiger partial charge in [-0.1, -0.05) is 47.0 Å². The molecule has 3 aliphatic rings. The SMILES string of the molecule is CCC1CC(N2NC3CCCCC3N2)C(O)C(C(C)(C)C)C1. The van der Waals surface area contributed by atoms with Crippen molar-refractivity contribution in [2.45, 2.75) is 96.9 Å². The molecule has 128 valence electrons. The first-order valence-electron chi connectivity index (χ1n) is 9.39. The molecule has 0 aromatic rings. The fourth-order valence-electron chi connectivity index (χ4n) is 4.83. The maximum absolute atomic E-state index is 11.0. The second-order valence-corrected chi connectivity index (χ2v) is 8.90. The summed E-state index contributed by atoms with van der Waals surface area (Å²) in [5, 5.41) is 13.3. The molecule has 1 aliphatic heterocycles. The average molecular weight is 309 g/mol. The van der Waals surface area contributed by atoms with Crippen molar-refractivity contribution in [3.8, 4) is 0 Å². The standard InChI is InChI=1S/C18H35N3O/c1-5-12-10-13(18(2,3)4)17(22)16(11-12)21-19-14-8-6-7-9-15(14)20-21/h12-17,19-20,22H,5-11H2,1-4H3. The van der Waals surface area contributed by atoms with Crippen LogP contribution in [0.1, 0.15) is 72.6 Å². The third-order valence-corrected chi connectivity index (χ3v) is 6.37. The Labute approximate surface area is 136 Å². The van der Waals surface area contributed by atoms with Gasteiger partial charge in [0.25, 0.3) is 0 Å². The molecule has 0 aromatic carbocycles. The van der Waals surface area contributed by atoms with Crippen molar-refractivity contribution in [3.63, 3.8) is 0 Å². The number of nitrogens with one attached hydrogen (secondary N) is 2. The van der Waals surface area contributed by atoms with E-state index in [0.717, 1.165) is 12.3 Å². The quantitative estimate of drug-likeness (QED) is 0.734. The minimum atomic E-state index is -0.247. The normalized spacial score (nSPS) is 44.0. The van der Waals surface area contributed by atoms with Crippen LogP contribution in [0.5, 0.6) is 0 Å². The Morgan fingerprint density at radius 3 is 2.14 bits per heavy atom. The Bertz CT molecular complexity index is 367. The van der Waals surface area contributed by atoms with Crippen LogP contribution in [-0.2, 0) is 0 Å². The molecule has 0 amide bonds. The Morgan fingerprint density at radius 1 is 1.05 bits per heavy atom. The van der Waals surface area contributed by atoms with Crippen molar-refractivity contribution in [2.24, 2.45) is 17.3 Å². The van der Waals surface area contributed by atoms with Crippen molar-refractivity contribution in [1.82, 2.24) is 16.0 Å². The Balaban J connectivity index is 1.73. The van der Waals surface area contributed by atoms with E-state index in [2.05, 4.69) is 43.7 Å². The third-order valence-electron chi connectivity index (χ3n) is 6.37. The Hall–Kier alpha value is -0.160. The molecular weight excluding hydrogens is 274 g/mol. The molecule has 6 atom stereocenters. The summed E-state index contributed by atoms with van der Waals surface area (Å²) in [6.45, 7) is 9.13. The molecule has 1 saturated heterocycles. The van der Waals surface area contributed by atoms with Crippen LogP contribution in [0.25, 0.3) is 0 Å². The zero-order valence-corrected chi connectivity index (χ0v) is 14.8. The van der Waals surface area contributed by atoms with Gasteiger partial charge in [0.1, 0.15) is 0 Å². The van der Waals surface area contributed by atoms with E-state index in [1.807, 2.05) is 0 Å². The van der Waals surface area contributed by atoms with Gasteiger partial charge in [-0.3, -0.25) is 0 Å². The van der Waals surface area contributed by atoms with Gasteiger partial charge in [0.05, 0.1) is 12.1 Å². The van der Waals surface area contributed by atoms with Crippen LogP contribution in [0.15, 0.2) is 0 Å². The lowest BCUT2D eigenvalue weighted by atomic mass is 9.65. The van der Waals surface area contributed by atoms with Crippen LogP contribution in [0, 0.1) is 17.3 Å². The molecule has 0 bridgehead atoms. The van der Waals surface area contributed by atoms with Crippen molar-refractivity contribution in [3.05, 3.63) is 0 Å². The first-order chi connectivity index (χ1) is 10.4. The van der Waals surface area contributed by atoms with Gasteiger partial charge in [0.2, 0.25) is 0 Å². The van der Waals surface area contributed by atoms with E-state index in [1.54, 1.807) is 0 Å². The monoisotopic (exact) mass is 309 g/mol. The van der Waals surface area contributed by atoms with E-state index >= 15 is 0 Å². The third kappa shape index (κ3) is 3.21. The maximum atomic E-state index is 11.0. The fourth-order valence-corrected chi connectivity index (χ4v) is 4.83. The summed E-state index contributed by atoms with van der Waals surface area (Å²) in [5.41, 5.74) is 7.51. The molecule has 3 rings (SSSR count). The first-order valence-corrected chi connectivity index (χ1v) is 9.39. The second-order valence-electron chi connectivity index (χ2n) is 8.90. The van der Waals surface area contributed by atoms with Gasteiger partial charge in [0.15, 0.2) is 0 Å². The fraction of sp³-hybridized carbons (Fsp3) is 1.00. The molecule has 2 saturated carbocycles. The number of hydrazine groups is 2. The van der Waals surface area contributed by atoms with Crippen molar-refractivity contribution < 1.29 is 5.11 Å². The maximum Gasteiger partial charge on any atom is 0.0757 e. The molecule has 3 fully saturated rings. The first kappa shape index (κ1) is 16.7. The zero-order chi connectivity index (χ0) is 15.9. The van der Waals surface area contributed by atoms with E-state index in [0.29, 0.717) is 18.0 Å². The van der Waals surface area contributed by atoms with Gasteiger partial charge >= 0.3 is 0 Å². The highest BCUT2D eigenvalue weighted by atomic mass is 16.3. The smallest absolute Gasteiger partial charge is 0.0757 e. The molecule has 22 heavy (non-hydrogen) atoms. The van der Waals surface area contributed by atoms with E-state index in [9.17, 15) is 5.11 Å². The van der Waals surface area contributed by atoms with Gasteiger partial charge in [-0.05, 0) is 42.9 Å². The molecule has 4 nitrogen and oxygen atoms in total. The number of rotatable bonds is 2. The van der Waals surface area contributed by atoms with Crippen LogP contribution in [-0.4, -0.2) is 34.5 Å². The highest BCUT2D eigenvalue weighted by Crippen LogP contribution is 2.43. The molecule has 1 heterocycles. The molecule has 4 heteroatoms. The van der Waals surface area contributed by atoms with Gasteiger partial charge in [0, 0.05) is 12.1 Å². The van der Waals surface area contributed by atoms with Gasteiger partial charge in [-0.2, -0.15) is 5.12 Å². The summed E-state index contributed by atoms with van der Waals surface area (Å²) in [4.78, 5) is 0. The van der Waals surface area contributed by atoms with E-state index in [4.69, 9.17) is 0 Å². The predicted molar refractivity (Wildman–Crippen MR) is 89.9 cm³/mol. The lowest BCUT2D eigenvalue weighted by Gasteiger charge is -2.47. The van der Waals surface area contributed by atoms with Crippen LogP contribution in [0.3, 0.4) is 0 Å². The molecular formula is C18H35N3O. The lowest BCUT2D eigenvalue weighted by molar-refractivity contribution is -0.0922. The minimum absolute atomic E-state index is 0.165. The molecule has 0 aromatic heterocycles. The minimum Gasteiger partial charge on any atom is -0.391 e. The zero-order valence-electron chi connectivity index (χ0n) is 14.8. The largest absolute Gasteiger partial charge is 0.391 e. The summed E-state index contributed by atoms with van der Waals surface area (Å²) < 4.78 is 0. The van der Waals surface area contributed by atoms with E-state index in [-0.39, 0.29) is 17.6 Å². The van der Waals surface area contributed by atoms with Crippen molar-refractivity contribution >= 4 is 0 Å². The molecule has 0 spiro atoms. The second kappa shape index (κ2) is 6.39. The summed E-state index contributed by atoms with van der Waals surface area (Å²) >= 11 is 0. The molecule has 2 aliphatic carbocycles. The highest BCUT2D eigenvalue weighted by molar-refractivity contribution is 4.98. The van der Waals surface area contributed by atoms with Crippen LogP contribution in [0.4, 0.5) is 0 Å². The van der Waals surface area contributed by atoms with E-state index < -0.39 is 0 Å². The summed E-state index contributed by atoms with van der Waals surface area (Å²) in [7, 11) is 0. The van der Waals surface area contributed by atoms with Crippen LogP contribution in [0.2, 0.25) is 0 Å². The van der Waals surface area contributed by atoms with Gasteiger partial charge in [-0.25, -0.2) is 10.9 Å². The topological polar surface area (TPSA) is 47.5 Å². The predicted octanol–water partition coefficient (Wildman–Crippen LogP) is 2.83.